The molecule has 0 saturated heterocycles. The number of ether oxygens (including phenoxy) is 1. The van der Waals surface area contributed by atoms with Gasteiger partial charge in [-0.05, 0) is 24.6 Å². The van der Waals surface area contributed by atoms with Gasteiger partial charge in [-0.3, -0.25) is 9.36 Å². The quantitative estimate of drug-likeness (QED) is 0.720. The van der Waals surface area contributed by atoms with Crippen LogP contribution in [-0.4, -0.2) is 23.3 Å². The number of hydrogen-bond acceptors (Lipinski definition) is 4. The summed E-state index contributed by atoms with van der Waals surface area (Å²) in [6.45, 7) is 3.70. The summed E-state index contributed by atoms with van der Waals surface area (Å²) in [4.78, 5) is 17.6. The molecule has 1 atom stereocenters. The van der Waals surface area contributed by atoms with Crippen LogP contribution in [0.4, 0.5) is 0 Å². The molecular formula is C20H23N3O2. The molecule has 5 nitrogen and oxygen atoms in total. The zero-order valence-corrected chi connectivity index (χ0v) is 14.6. The molecule has 0 saturated carbocycles. The zero-order chi connectivity index (χ0) is 17.6. The van der Waals surface area contributed by atoms with Crippen LogP contribution in [0, 0.1) is 0 Å². The second kappa shape index (κ2) is 8.05. The van der Waals surface area contributed by atoms with Crippen LogP contribution in [0.25, 0.3) is 10.9 Å². The number of rotatable bonds is 7. The SMILES string of the molecule is COCCn1c([C@H](C)NCc2ccccc2)nc2ccccc2c1=O. The summed E-state index contributed by atoms with van der Waals surface area (Å²) in [5.41, 5.74) is 1.90. The Morgan fingerprint density at radius 1 is 1.12 bits per heavy atom. The van der Waals surface area contributed by atoms with Gasteiger partial charge < -0.3 is 10.1 Å². The molecular weight excluding hydrogens is 314 g/mol. The molecule has 0 aliphatic carbocycles. The topological polar surface area (TPSA) is 56.1 Å². The molecule has 5 heteroatoms. The molecule has 3 rings (SSSR count). The highest BCUT2D eigenvalue weighted by Crippen LogP contribution is 2.14. The van der Waals surface area contributed by atoms with E-state index in [4.69, 9.17) is 9.72 Å². The first-order valence-corrected chi connectivity index (χ1v) is 8.46. The lowest BCUT2D eigenvalue weighted by molar-refractivity contribution is 0.184. The lowest BCUT2D eigenvalue weighted by Gasteiger charge is -2.19. The average Bonchev–Trinajstić information content (AvgIpc) is 2.66. The van der Waals surface area contributed by atoms with Crippen LogP contribution >= 0.6 is 0 Å². The van der Waals surface area contributed by atoms with E-state index in [9.17, 15) is 4.79 Å². The molecule has 0 spiro atoms. The average molecular weight is 337 g/mol. The molecule has 0 aliphatic rings. The second-order valence-electron chi connectivity index (χ2n) is 6.02. The van der Waals surface area contributed by atoms with Crippen LogP contribution in [0.2, 0.25) is 0 Å². The Bertz CT molecular complexity index is 890. The van der Waals surface area contributed by atoms with Crippen LogP contribution in [-0.2, 0) is 17.8 Å². The number of hydrogen-bond donors (Lipinski definition) is 1. The summed E-state index contributed by atoms with van der Waals surface area (Å²) < 4.78 is 6.89. The predicted molar refractivity (Wildman–Crippen MR) is 99.6 cm³/mol. The van der Waals surface area contributed by atoms with Crippen LogP contribution in [0.3, 0.4) is 0 Å². The van der Waals surface area contributed by atoms with Gasteiger partial charge in [0.2, 0.25) is 0 Å². The second-order valence-corrected chi connectivity index (χ2v) is 6.02. The first kappa shape index (κ1) is 17.3. The summed E-state index contributed by atoms with van der Waals surface area (Å²) in [6, 6.07) is 17.6. The molecule has 0 aliphatic heterocycles. The van der Waals surface area contributed by atoms with Crippen LogP contribution in [0.1, 0.15) is 24.4 Å². The van der Waals surface area contributed by atoms with E-state index in [1.807, 2.05) is 49.4 Å². The Morgan fingerprint density at radius 2 is 1.84 bits per heavy atom. The van der Waals surface area contributed by atoms with E-state index in [0.717, 1.165) is 17.9 Å². The summed E-state index contributed by atoms with van der Waals surface area (Å²) in [6.07, 6.45) is 0. The van der Waals surface area contributed by atoms with Crippen molar-refractivity contribution in [3.8, 4) is 0 Å². The molecule has 0 fully saturated rings. The van der Waals surface area contributed by atoms with Crippen molar-refractivity contribution >= 4 is 10.9 Å². The highest BCUT2D eigenvalue weighted by Gasteiger charge is 2.16. The van der Waals surface area contributed by atoms with Gasteiger partial charge in [0.05, 0.1) is 30.1 Å². The lowest BCUT2D eigenvalue weighted by atomic mass is 10.2. The summed E-state index contributed by atoms with van der Waals surface area (Å²) >= 11 is 0. The molecule has 0 unspecified atom stereocenters. The molecule has 130 valence electrons. The minimum Gasteiger partial charge on any atom is -0.383 e. The molecule has 0 amide bonds. The van der Waals surface area contributed by atoms with Crippen LogP contribution in [0.5, 0.6) is 0 Å². The fourth-order valence-electron chi connectivity index (χ4n) is 2.87. The number of nitrogens with one attached hydrogen (secondary N) is 1. The third-order valence-electron chi connectivity index (χ3n) is 4.25. The Kier molecular flexibility index (Phi) is 5.58. The van der Waals surface area contributed by atoms with Gasteiger partial charge >= 0.3 is 0 Å². The van der Waals surface area contributed by atoms with Gasteiger partial charge in [-0.2, -0.15) is 0 Å². The highest BCUT2D eigenvalue weighted by atomic mass is 16.5. The zero-order valence-electron chi connectivity index (χ0n) is 14.6. The molecule has 0 bridgehead atoms. The van der Waals surface area contributed by atoms with Crippen molar-refractivity contribution in [2.75, 3.05) is 13.7 Å². The smallest absolute Gasteiger partial charge is 0.261 e. The number of benzene rings is 2. The van der Waals surface area contributed by atoms with Gasteiger partial charge in [0.1, 0.15) is 5.82 Å². The molecule has 0 radical (unpaired) electrons. The third kappa shape index (κ3) is 3.95. The Balaban J connectivity index is 1.93. The predicted octanol–water partition coefficient (Wildman–Crippen LogP) is 2.89. The fourth-order valence-corrected chi connectivity index (χ4v) is 2.87. The summed E-state index contributed by atoms with van der Waals surface area (Å²) in [5, 5.41) is 4.10. The van der Waals surface area contributed by atoms with E-state index < -0.39 is 0 Å². The number of methoxy groups -OCH3 is 1. The maximum atomic E-state index is 12.9. The van der Waals surface area contributed by atoms with E-state index in [1.54, 1.807) is 11.7 Å². The third-order valence-corrected chi connectivity index (χ3v) is 4.25. The number of fused-ring (bicyclic) bond motifs is 1. The Hall–Kier alpha value is -2.50. The van der Waals surface area contributed by atoms with Gasteiger partial charge in [0.25, 0.3) is 5.56 Å². The lowest BCUT2D eigenvalue weighted by Crippen LogP contribution is -2.32. The molecule has 2 aromatic carbocycles. The minimum atomic E-state index is -0.0608. The Labute approximate surface area is 147 Å². The van der Waals surface area contributed by atoms with Gasteiger partial charge in [0.15, 0.2) is 0 Å². The van der Waals surface area contributed by atoms with E-state index in [1.165, 1.54) is 5.56 Å². The maximum Gasteiger partial charge on any atom is 0.261 e. The van der Waals surface area contributed by atoms with Crippen molar-refractivity contribution < 1.29 is 4.74 Å². The van der Waals surface area contributed by atoms with Crippen molar-refractivity contribution in [3.63, 3.8) is 0 Å². The van der Waals surface area contributed by atoms with Crippen molar-refractivity contribution in [1.82, 2.24) is 14.9 Å². The molecule has 3 aromatic rings. The first-order valence-electron chi connectivity index (χ1n) is 8.46. The standard InChI is InChI=1S/C20H23N3O2/c1-15(21-14-16-8-4-3-5-9-16)19-22-18-11-7-6-10-17(18)20(24)23(19)12-13-25-2/h3-11,15,21H,12-14H2,1-2H3/t15-/m0/s1. The van der Waals surface area contributed by atoms with E-state index in [2.05, 4.69) is 17.4 Å². The first-order chi connectivity index (χ1) is 12.2. The van der Waals surface area contributed by atoms with Gasteiger partial charge in [-0.25, -0.2) is 4.98 Å². The molecule has 1 N–H and O–H groups in total. The molecule has 1 heterocycles. The van der Waals surface area contributed by atoms with Crippen molar-refractivity contribution in [1.29, 1.82) is 0 Å². The number of para-hydroxylation sites is 1. The Morgan fingerprint density at radius 3 is 2.60 bits per heavy atom. The molecule has 1 aromatic heterocycles. The van der Waals surface area contributed by atoms with Gasteiger partial charge in [-0.15, -0.1) is 0 Å². The minimum absolute atomic E-state index is 0.0222. The van der Waals surface area contributed by atoms with Crippen molar-refractivity contribution in [2.45, 2.75) is 26.1 Å². The fraction of sp³-hybridized carbons (Fsp3) is 0.300. The maximum absolute atomic E-state index is 12.9. The number of aromatic nitrogens is 2. The monoisotopic (exact) mass is 337 g/mol. The van der Waals surface area contributed by atoms with Crippen molar-refractivity contribution in [2.24, 2.45) is 0 Å². The van der Waals surface area contributed by atoms with Gasteiger partial charge in [-0.1, -0.05) is 42.5 Å². The normalized spacial score (nSPS) is 12.4. The van der Waals surface area contributed by atoms with E-state index >= 15 is 0 Å². The van der Waals surface area contributed by atoms with E-state index in [0.29, 0.717) is 18.5 Å². The summed E-state index contributed by atoms with van der Waals surface area (Å²) in [7, 11) is 1.64. The van der Waals surface area contributed by atoms with Crippen LogP contribution < -0.4 is 10.9 Å². The largest absolute Gasteiger partial charge is 0.383 e. The summed E-state index contributed by atoms with van der Waals surface area (Å²) in [5.74, 6) is 0.733. The van der Waals surface area contributed by atoms with Crippen molar-refractivity contribution in [3.05, 3.63) is 76.3 Å². The highest BCUT2D eigenvalue weighted by molar-refractivity contribution is 5.77. The molecule has 25 heavy (non-hydrogen) atoms. The van der Waals surface area contributed by atoms with Gasteiger partial charge in [0, 0.05) is 13.7 Å². The van der Waals surface area contributed by atoms with E-state index in [-0.39, 0.29) is 11.6 Å². The van der Waals surface area contributed by atoms with Crippen LogP contribution in [0.15, 0.2) is 59.4 Å². The number of nitrogens with zero attached hydrogens (tertiary/aromatic N) is 2.